The van der Waals surface area contributed by atoms with Gasteiger partial charge in [0.25, 0.3) is 0 Å². The topological polar surface area (TPSA) is 55.8 Å². The van der Waals surface area contributed by atoms with Crippen LogP contribution in [-0.2, 0) is 14.0 Å². The minimum atomic E-state index is -3.34. The van der Waals surface area contributed by atoms with Crippen molar-refractivity contribution in [2.75, 3.05) is 36.6 Å². The molecule has 9 heteroatoms. The van der Waals surface area contributed by atoms with Crippen molar-refractivity contribution in [3.05, 3.63) is 0 Å². The highest BCUT2D eigenvalue weighted by Crippen LogP contribution is 2.40. The summed E-state index contributed by atoms with van der Waals surface area (Å²) in [6.07, 6.45) is -0.354. The van der Waals surface area contributed by atoms with Crippen molar-refractivity contribution in [1.29, 1.82) is 0 Å². The maximum Gasteiger partial charge on any atom is 0.250 e. The molecular weight excluding hydrogens is 511 g/mol. The lowest BCUT2D eigenvalue weighted by molar-refractivity contribution is 0.148. The van der Waals surface area contributed by atoms with E-state index in [9.17, 15) is 9.46 Å². The lowest BCUT2D eigenvalue weighted by atomic mass is 10.5. The van der Waals surface area contributed by atoms with Crippen LogP contribution in [0.2, 0.25) is 0 Å². The van der Waals surface area contributed by atoms with E-state index in [2.05, 4.69) is 63.7 Å². The number of ether oxygens (including phenoxy) is 2. The second-order valence-electron chi connectivity index (χ2n) is 3.35. The second kappa shape index (κ2) is 10.8. The van der Waals surface area contributed by atoms with Crippen molar-refractivity contribution in [2.24, 2.45) is 0 Å². The van der Waals surface area contributed by atoms with Gasteiger partial charge in [0, 0.05) is 20.3 Å². The minimum absolute atomic E-state index is 0.142. The number of alkyl halides is 4. The Morgan fingerprint density at radius 3 is 1.65 bits per heavy atom. The summed E-state index contributed by atoms with van der Waals surface area (Å²) in [4.78, 5) is 9.82. The Morgan fingerprint density at radius 1 is 1.00 bits per heavy atom. The molecule has 0 aliphatic rings. The molecule has 17 heavy (non-hydrogen) atoms. The van der Waals surface area contributed by atoms with Crippen LogP contribution in [0.15, 0.2) is 0 Å². The van der Waals surface area contributed by atoms with Crippen LogP contribution < -0.4 is 0 Å². The van der Waals surface area contributed by atoms with E-state index in [1.807, 2.05) is 0 Å². The summed E-state index contributed by atoms with van der Waals surface area (Å²) in [6, 6.07) is 0. The van der Waals surface area contributed by atoms with Crippen molar-refractivity contribution >= 4 is 71.1 Å². The average Bonchev–Trinajstić information content (AvgIpc) is 2.27. The monoisotopic (exact) mass is 522 g/mol. The van der Waals surface area contributed by atoms with E-state index in [1.54, 1.807) is 0 Å². The minimum Gasteiger partial charge on any atom is -0.370 e. The third kappa shape index (κ3) is 11.5. The molecule has 1 N–H and O–H groups in total. The average molecular weight is 526 g/mol. The summed E-state index contributed by atoms with van der Waals surface area (Å²) in [5.41, 5.74) is 0. The molecule has 0 aliphatic heterocycles. The molecule has 0 aromatic carbocycles. The van der Waals surface area contributed by atoms with Gasteiger partial charge in [-0.2, -0.15) is 0 Å². The normalized spacial score (nSPS) is 18.6. The lowest BCUT2D eigenvalue weighted by Gasteiger charge is -2.14. The van der Waals surface area contributed by atoms with E-state index in [0.717, 1.165) is 10.7 Å². The summed E-state index contributed by atoms with van der Waals surface area (Å²) in [5.74, 6) is 0. The first-order chi connectivity index (χ1) is 7.91. The van der Waals surface area contributed by atoms with Gasteiger partial charge in [-0.25, -0.2) is 0 Å². The van der Waals surface area contributed by atoms with E-state index < -0.39 is 7.37 Å². The van der Waals surface area contributed by atoms with Crippen molar-refractivity contribution in [1.82, 2.24) is 0 Å². The van der Waals surface area contributed by atoms with Crippen molar-refractivity contribution < 1.29 is 18.9 Å². The first-order valence-corrected chi connectivity index (χ1v) is 10.9. The van der Waals surface area contributed by atoms with E-state index in [0.29, 0.717) is 13.2 Å². The number of hydrogen-bond donors (Lipinski definition) is 1. The van der Waals surface area contributed by atoms with Crippen LogP contribution in [0.5, 0.6) is 0 Å². The van der Waals surface area contributed by atoms with Crippen LogP contribution in [-0.4, -0.2) is 51.1 Å². The molecule has 0 aromatic rings. The highest BCUT2D eigenvalue weighted by molar-refractivity contribution is 9.12. The molecule has 0 amide bonds. The van der Waals surface area contributed by atoms with Gasteiger partial charge < -0.3 is 14.4 Å². The van der Waals surface area contributed by atoms with Gasteiger partial charge in [-0.1, -0.05) is 63.7 Å². The van der Waals surface area contributed by atoms with Crippen LogP contribution in [0.4, 0.5) is 0 Å². The Balaban J connectivity index is 3.69. The summed E-state index contributed by atoms with van der Waals surface area (Å²) >= 11 is 13.2. The number of rotatable bonds is 10. The molecule has 0 aromatic heterocycles. The zero-order valence-corrected chi connectivity index (χ0v) is 16.3. The van der Waals surface area contributed by atoms with Crippen LogP contribution in [0.3, 0.4) is 0 Å². The molecule has 0 radical (unpaired) electrons. The summed E-state index contributed by atoms with van der Waals surface area (Å²) in [6.45, 7) is 0.774. The third-order valence-electron chi connectivity index (χ3n) is 1.52. The summed E-state index contributed by atoms with van der Waals surface area (Å²) < 4.78 is 21.9. The molecular formula is C8H15Br4O4P. The van der Waals surface area contributed by atoms with Crippen molar-refractivity contribution in [3.63, 3.8) is 0 Å². The van der Waals surface area contributed by atoms with Gasteiger partial charge in [0.15, 0.2) is 0 Å². The Kier molecular flexibility index (Phi) is 12.1. The molecule has 0 saturated heterocycles. The molecule has 0 spiro atoms. The first kappa shape index (κ1) is 19.0. The van der Waals surface area contributed by atoms with Gasteiger partial charge in [0.05, 0.1) is 13.2 Å². The molecule has 104 valence electrons. The molecule has 0 saturated carbocycles. The number of halogens is 4. The van der Waals surface area contributed by atoms with Crippen LogP contribution in [0, 0.1) is 0 Å². The highest BCUT2D eigenvalue weighted by atomic mass is 79.9. The van der Waals surface area contributed by atoms with Crippen molar-refractivity contribution in [2.45, 2.75) is 9.65 Å². The largest absolute Gasteiger partial charge is 0.370 e. The Morgan fingerprint density at radius 2 is 1.35 bits per heavy atom. The molecule has 0 rings (SSSR count). The van der Waals surface area contributed by atoms with Gasteiger partial charge >= 0.3 is 0 Å². The Bertz CT molecular complexity index is 224. The van der Waals surface area contributed by atoms with Crippen LogP contribution in [0.1, 0.15) is 0 Å². The fourth-order valence-corrected chi connectivity index (χ4v) is 2.38. The molecule has 0 heterocycles. The van der Waals surface area contributed by atoms with Gasteiger partial charge in [-0.3, -0.25) is 4.57 Å². The number of hydrogen-bond acceptors (Lipinski definition) is 3. The molecule has 0 aliphatic carbocycles. The zero-order valence-electron chi connectivity index (χ0n) is 9.03. The fraction of sp³-hybridized carbons (Fsp3) is 1.00. The van der Waals surface area contributed by atoms with Gasteiger partial charge in [0.2, 0.25) is 7.37 Å². The van der Waals surface area contributed by atoms with E-state index in [-0.39, 0.29) is 22.4 Å². The molecule has 4 nitrogen and oxygen atoms in total. The summed E-state index contributed by atoms with van der Waals surface area (Å²) in [5, 5.41) is 1.46. The molecule has 0 bridgehead atoms. The summed E-state index contributed by atoms with van der Waals surface area (Å²) in [7, 11) is -3.34. The molecule has 2 unspecified atom stereocenters. The van der Waals surface area contributed by atoms with Gasteiger partial charge in [-0.15, -0.1) is 0 Å². The van der Waals surface area contributed by atoms with E-state index in [4.69, 9.17) is 9.47 Å². The Hall–Kier alpha value is 2.03. The molecule has 2 atom stereocenters. The van der Waals surface area contributed by atoms with E-state index in [1.165, 1.54) is 0 Å². The maximum absolute atomic E-state index is 11.6. The predicted molar refractivity (Wildman–Crippen MR) is 84.5 cm³/mol. The maximum atomic E-state index is 11.6. The predicted octanol–water partition coefficient (Wildman–Crippen LogP) is 3.52. The lowest BCUT2D eigenvalue weighted by Crippen LogP contribution is -2.14. The SMILES string of the molecule is O=P(O)(COCC(Br)CBr)COCC(Br)CBr. The van der Waals surface area contributed by atoms with E-state index >= 15 is 0 Å². The first-order valence-electron chi connectivity index (χ1n) is 4.77. The van der Waals surface area contributed by atoms with Crippen LogP contribution >= 0.6 is 71.1 Å². The smallest absolute Gasteiger partial charge is 0.250 e. The third-order valence-corrected chi connectivity index (χ3v) is 7.17. The zero-order chi connectivity index (χ0) is 13.3. The standard InChI is InChI=1S/C8H15Br4O4P/c9-1-7(11)3-15-5-17(13,14)6-16-4-8(12)2-10/h7-8H,1-6H2,(H,13,14). The molecule has 0 fully saturated rings. The highest BCUT2D eigenvalue weighted by Gasteiger charge is 2.20. The van der Waals surface area contributed by atoms with Crippen LogP contribution in [0.25, 0.3) is 0 Å². The Labute approximate surface area is 135 Å². The quantitative estimate of drug-likeness (QED) is 0.350. The van der Waals surface area contributed by atoms with Gasteiger partial charge in [-0.05, 0) is 0 Å². The fourth-order valence-electron chi connectivity index (χ4n) is 0.773. The second-order valence-corrected chi connectivity index (χ2v) is 9.44. The van der Waals surface area contributed by atoms with Crippen molar-refractivity contribution in [3.8, 4) is 0 Å². The van der Waals surface area contributed by atoms with Gasteiger partial charge in [0.1, 0.15) is 12.7 Å².